The van der Waals surface area contributed by atoms with Gasteiger partial charge < -0.3 is 5.32 Å². The molecule has 0 aliphatic rings. The molecule has 28 heavy (non-hydrogen) atoms. The number of anilines is 1. The Balaban J connectivity index is 1.83. The Morgan fingerprint density at radius 3 is 2.61 bits per heavy atom. The number of H-pyrrole nitrogens is 1. The van der Waals surface area contributed by atoms with Gasteiger partial charge in [0.2, 0.25) is 16.0 Å². The van der Waals surface area contributed by atoms with Gasteiger partial charge in [0.25, 0.3) is 5.56 Å². The van der Waals surface area contributed by atoms with Gasteiger partial charge in [-0.2, -0.15) is 10.1 Å². The minimum atomic E-state index is -3.34. The van der Waals surface area contributed by atoms with Crippen molar-refractivity contribution < 1.29 is 8.42 Å². The molecule has 0 aliphatic heterocycles. The first-order valence-corrected chi connectivity index (χ1v) is 10.5. The number of aromatic nitrogens is 4. The number of nitrogens with one attached hydrogen (secondary N) is 3. The van der Waals surface area contributed by atoms with E-state index in [0.717, 1.165) is 5.56 Å². The number of benzene rings is 1. The molecular formula is C18H24N6O3S. The molecule has 0 radical (unpaired) electrons. The summed E-state index contributed by atoms with van der Waals surface area (Å²) in [4.78, 5) is 19.5. The van der Waals surface area contributed by atoms with Crippen LogP contribution in [0.4, 0.5) is 5.95 Å². The minimum Gasteiger partial charge on any atom is -0.352 e. The Bertz CT molecular complexity index is 1160. The summed E-state index contributed by atoms with van der Waals surface area (Å²) in [5.41, 5.74) is 1.48. The average Bonchev–Trinajstić information content (AvgIpc) is 3.05. The van der Waals surface area contributed by atoms with E-state index < -0.39 is 10.0 Å². The summed E-state index contributed by atoms with van der Waals surface area (Å²) in [6.07, 6.45) is 1.52. The first kappa shape index (κ1) is 20.0. The summed E-state index contributed by atoms with van der Waals surface area (Å²) in [5.74, 6) is 0.236. The van der Waals surface area contributed by atoms with E-state index >= 15 is 0 Å². The van der Waals surface area contributed by atoms with Crippen molar-refractivity contribution in [2.24, 2.45) is 0 Å². The fourth-order valence-corrected chi connectivity index (χ4v) is 3.56. The summed E-state index contributed by atoms with van der Waals surface area (Å²) >= 11 is 0. The van der Waals surface area contributed by atoms with Gasteiger partial charge in [0.15, 0.2) is 5.65 Å². The van der Waals surface area contributed by atoms with E-state index in [9.17, 15) is 13.2 Å². The minimum absolute atomic E-state index is 0.0941. The molecule has 9 nitrogen and oxygen atoms in total. The van der Waals surface area contributed by atoms with Crippen molar-refractivity contribution >= 4 is 27.0 Å². The van der Waals surface area contributed by atoms with Crippen molar-refractivity contribution in [3.8, 4) is 0 Å². The molecule has 3 N–H and O–H groups in total. The molecule has 0 bridgehead atoms. The smallest absolute Gasteiger partial charge is 0.263 e. The standard InChI is InChI=1S/C18H24N6O3S/c1-18(2,3)24-15-14(10-21-24)16(25)23-17(22-15)20-9-12-6-5-7-13(8-12)11-28(26,27)19-4/h5-8,10,19H,9,11H2,1-4H3,(H2,20,22,23,25). The second-order valence-corrected chi connectivity index (χ2v) is 9.44. The van der Waals surface area contributed by atoms with Crippen LogP contribution in [0, 0.1) is 0 Å². The Labute approximate surface area is 163 Å². The molecule has 2 heterocycles. The quantitative estimate of drug-likeness (QED) is 0.573. The average molecular weight is 404 g/mol. The summed E-state index contributed by atoms with van der Waals surface area (Å²) < 4.78 is 27.5. The van der Waals surface area contributed by atoms with Crippen LogP contribution in [0.2, 0.25) is 0 Å². The molecule has 2 aromatic heterocycles. The van der Waals surface area contributed by atoms with E-state index in [2.05, 4.69) is 25.1 Å². The molecule has 0 atom stereocenters. The highest BCUT2D eigenvalue weighted by Crippen LogP contribution is 2.19. The fraction of sp³-hybridized carbons (Fsp3) is 0.389. The van der Waals surface area contributed by atoms with Crippen LogP contribution in [-0.2, 0) is 27.9 Å². The van der Waals surface area contributed by atoms with Crippen molar-refractivity contribution in [3.05, 3.63) is 51.9 Å². The van der Waals surface area contributed by atoms with Gasteiger partial charge in [0.05, 0.1) is 17.5 Å². The van der Waals surface area contributed by atoms with Crippen LogP contribution < -0.4 is 15.6 Å². The summed E-state index contributed by atoms with van der Waals surface area (Å²) in [6, 6.07) is 7.23. The van der Waals surface area contributed by atoms with Crippen molar-refractivity contribution in [2.45, 2.75) is 38.6 Å². The Morgan fingerprint density at radius 1 is 1.21 bits per heavy atom. The van der Waals surface area contributed by atoms with Gasteiger partial charge in [-0.25, -0.2) is 17.8 Å². The van der Waals surface area contributed by atoms with E-state index in [1.165, 1.54) is 13.2 Å². The third-order valence-corrected chi connectivity index (χ3v) is 5.53. The van der Waals surface area contributed by atoms with Gasteiger partial charge in [0, 0.05) is 6.54 Å². The fourth-order valence-electron chi connectivity index (χ4n) is 2.80. The molecule has 0 saturated carbocycles. The lowest BCUT2D eigenvalue weighted by molar-refractivity contribution is 0.366. The summed E-state index contributed by atoms with van der Waals surface area (Å²) in [6.45, 7) is 6.34. The lowest BCUT2D eigenvalue weighted by Crippen LogP contribution is -2.24. The molecule has 1 aromatic carbocycles. The summed E-state index contributed by atoms with van der Waals surface area (Å²) in [5, 5.41) is 7.81. The van der Waals surface area contributed by atoms with Crippen molar-refractivity contribution in [3.63, 3.8) is 0 Å². The SMILES string of the molecule is CNS(=O)(=O)Cc1cccc(CNc2nc3c(cnn3C(C)(C)C)c(=O)[nH]2)c1. The van der Waals surface area contributed by atoms with Gasteiger partial charge >= 0.3 is 0 Å². The lowest BCUT2D eigenvalue weighted by Gasteiger charge is -2.19. The van der Waals surface area contributed by atoms with Crippen molar-refractivity contribution in [2.75, 3.05) is 12.4 Å². The van der Waals surface area contributed by atoms with Gasteiger partial charge in [-0.15, -0.1) is 0 Å². The van der Waals surface area contributed by atoms with Gasteiger partial charge in [0.1, 0.15) is 5.39 Å². The lowest BCUT2D eigenvalue weighted by atomic mass is 10.1. The van der Waals surface area contributed by atoms with E-state index in [1.807, 2.05) is 26.8 Å². The monoisotopic (exact) mass is 404 g/mol. The molecule has 0 unspecified atom stereocenters. The van der Waals surface area contributed by atoms with E-state index in [1.54, 1.807) is 22.9 Å². The zero-order valence-corrected chi connectivity index (χ0v) is 17.1. The second kappa shape index (κ2) is 7.36. The van der Waals surface area contributed by atoms with Crippen molar-refractivity contribution in [1.82, 2.24) is 24.5 Å². The van der Waals surface area contributed by atoms with Gasteiger partial charge in [-0.3, -0.25) is 9.78 Å². The predicted octanol–water partition coefficient (Wildman–Crippen LogP) is 1.54. The molecule has 10 heteroatoms. The predicted molar refractivity (Wildman–Crippen MR) is 109 cm³/mol. The van der Waals surface area contributed by atoms with Gasteiger partial charge in [-0.05, 0) is 38.9 Å². The van der Waals surface area contributed by atoms with Crippen LogP contribution in [0.15, 0.2) is 35.3 Å². The molecule has 150 valence electrons. The van der Waals surface area contributed by atoms with Crippen LogP contribution in [0.3, 0.4) is 0 Å². The molecule has 0 aliphatic carbocycles. The van der Waals surface area contributed by atoms with Crippen molar-refractivity contribution in [1.29, 1.82) is 0 Å². The van der Waals surface area contributed by atoms with E-state index in [-0.39, 0.29) is 16.9 Å². The van der Waals surface area contributed by atoms with Crippen LogP contribution >= 0.6 is 0 Å². The number of fused-ring (bicyclic) bond motifs is 1. The first-order valence-electron chi connectivity index (χ1n) is 8.80. The number of nitrogens with zero attached hydrogens (tertiary/aromatic N) is 3. The zero-order valence-electron chi connectivity index (χ0n) is 16.3. The van der Waals surface area contributed by atoms with E-state index in [0.29, 0.717) is 29.1 Å². The number of sulfonamides is 1. The normalized spacial score (nSPS) is 12.4. The third-order valence-electron chi connectivity index (χ3n) is 4.19. The first-order chi connectivity index (χ1) is 13.1. The van der Waals surface area contributed by atoms with E-state index in [4.69, 9.17) is 0 Å². The Kier molecular flexibility index (Phi) is 5.26. The number of aromatic amines is 1. The third kappa shape index (κ3) is 4.39. The topological polar surface area (TPSA) is 122 Å². The second-order valence-electron chi connectivity index (χ2n) is 7.52. The Morgan fingerprint density at radius 2 is 1.93 bits per heavy atom. The maximum atomic E-state index is 12.3. The largest absolute Gasteiger partial charge is 0.352 e. The summed E-state index contributed by atoms with van der Waals surface area (Å²) in [7, 11) is -1.95. The molecule has 0 fully saturated rings. The van der Waals surface area contributed by atoms with Crippen LogP contribution in [0.5, 0.6) is 0 Å². The highest BCUT2D eigenvalue weighted by atomic mass is 32.2. The van der Waals surface area contributed by atoms with Crippen LogP contribution in [0.1, 0.15) is 31.9 Å². The molecule has 0 amide bonds. The molecule has 0 saturated heterocycles. The zero-order chi connectivity index (χ0) is 20.5. The number of hydrogen-bond acceptors (Lipinski definition) is 6. The highest BCUT2D eigenvalue weighted by molar-refractivity contribution is 7.88. The molecule has 3 aromatic rings. The Hall–Kier alpha value is -2.72. The maximum absolute atomic E-state index is 12.3. The number of rotatable bonds is 6. The van der Waals surface area contributed by atoms with Gasteiger partial charge in [-0.1, -0.05) is 24.3 Å². The molecular weight excluding hydrogens is 380 g/mol. The molecule has 0 spiro atoms. The number of hydrogen-bond donors (Lipinski definition) is 3. The van der Waals surface area contributed by atoms with Crippen LogP contribution in [-0.4, -0.2) is 35.2 Å². The van der Waals surface area contributed by atoms with Crippen LogP contribution in [0.25, 0.3) is 11.0 Å². The highest BCUT2D eigenvalue weighted by Gasteiger charge is 2.19. The maximum Gasteiger partial charge on any atom is 0.263 e. The molecule has 3 rings (SSSR count).